The lowest BCUT2D eigenvalue weighted by Crippen LogP contribution is -2.32. The van der Waals surface area contributed by atoms with E-state index in [0.717, 1.165) is 62.1 Å². The van der Waals surface area contributed by atoms with Crippen molar-refractivity contribution in [3.8, 4) is 0 Å². The molecule has 0 aliphatic carbocycles. The standard InChI is InChI=1S/C18H24N4OS/c1-2-17-19-18(24-20-17)22-11-6-10-21(13-14-22)12-9-16(23)15-7-4-3-5-8-15/h3-5,7-8H,2,6,9-14H2,1H3. The van der Waals surface area contributed by atoms with Gasteiger partial charge in [-0.15, -0.1) is 0 Å². The lowest BCUT2D eigenvalue weighted by Gasteiger charge is -2.20. The van der Waals surface area contributed by atoms with E-state index < -0.39 is 0 Å². The van der Waals surface area contributed by atoms with Crippen molar-refractivity contribution in [2.24, 2.45) is 0 Å². The maximum Gasteiger partial charge on any atom is 0.205 e. The van der Waals surface area contributed by atoms with E-state index in [2.05, 4.69) is 26.1 Å². The molecule has 0 amide bonds. The highest BCUT2D eigenvalue weighted by Crippen LogP contribution is 2.19. The van der Waals surface area contributed by atoms with E-state index in [1.54, 1.807) is 0 Å². The van der Waals surface area contributed by atoms with Crippen molar-refractivity contribution >= 4 is 22.4 Å². The number of anilines is 1. The zero-order chi connectivity index (χ0) is 16.8. The van der Waals surface area contributed by atoms with Gasteiger partial charge in [0, 0.05) is 56.1 Å². The van der Waals surface area contributed by atoms with Crippen molar-refractivity contribution in [3.05, 3.63) is 41.7 Å². The lowest BCUT2D eigenvalue weighted by atomic mass is 10.1. The van der Waals surface area contributed by atoms with Crippen LogP contribution in [0.5, 0.6) is 0 Å². The number of benzene rings is 1. The van der Waals surface area contributed by atoms with Gasteiger partial charge in [0.15, 0.2) is 5.78 Å². The molecule has 24 heavy (non-hydrogen) atoms. The summed E-state index contributed by atoms with van der Waals surface area (Å²) in [6.07, 6.45) is 2.57. The first-order chi connectivity index (χ1) is 11.8. The summed E-state index contributed by atoms with van der Waals surface area (Å²) in [5.41, 5.74) is 0.815. The van der Waals surface area contributed by atoms with Gasteiger partial charge in [-0.2, -0.15) is 4.37 Å². The van der Waals surface area contributed by atoms with Gasteiger partial charge in [0.25, 0.3) is 0 Å². The maximum atomic E-state index is 12.2. The summed E-state index contributed by atoms with van der Waals surface area (Å²) in [6, 6.07) is 9.57. The summed E-state index contributed by atoms with van der Waals surface area (Å²) in [4.78, 5) is 21.6. The van der Waals surface area contributed by atoms with Crippen LogP contribution >= 0.6 is 11.5 Å². The molecule has 2 aromatic rings. The summed E-state index contributed by atoms with van der Waals surface area (Å²) in [5, 5.41) is 1.04. The molecule has 0 N–H and O–H groups in total. The lowest BCUT2D eigenvalue weighted by molar-refractivity contribution is 0.0965. The molecule has 0 unspecified atom stereocenters. The molecule has 0 bridgehead atoms. The summed E-state index contributed by atoms with van der Waals surface area (Å²) < 4.78 is 4.38. The van der Waals surface area contributed by atoms with Crippen LogP contribution in [0.1, 0.15) is 35.9 Å². The summed E-state index contributed by atoms with van der Waals surface area (Å²) >= 11 is 1.50. The highest BCUT2D eigenvalue weighted by molar-refractivity contribution is 7.09. The minimum atomic E-state index is 0.230. The third kappa shape index (κ3) is 4.39. The Kier molecular flexibility index (Phi) is 5.93. The Labute approximate surface area is 147 Å². The molecular formula is C18H24N4OS. The van der Waals surface area contributed by atoms with Gasteiger partial charge in [0.1, 0.15) is 5.82 Å². The fourth-order valence-corrected chi connectivity index (χ4v) is 3.73. The molecule has 1 saturated heterocycles. The van der Waals surface area contributed by atoms with Crippen LogP contribution in [0.25, 0.3) is 0 Å². The topological polar surface area (TPSA) is 49.3 Å². The SMILES string of the molecule is CCc1nsc(N2CCCN(CCC(=O)c3ccccc3)CC2)n1. The van der Waals surface area contributed by atoms with E-state index in [1.807, 2.05) is 30.3 Å². The van der Waals surface area contributed by atoms with Crippen LogP contribution in [0.4, 0.5) is 5.13 Å². The molecule has 0 spiro atoms. The van der Waals surface area contributed by atoms with Crippen molar-refractivity contribution < 1.29 is 4.79 Å². The highest BCUT2D eigenvalue weighted by Gasteiger charge is 2.18. The van der Waals surface area contributed by atoms with Crippen LogP contribution in [0.3, 0.4) is 0 Å². The van der Waals surface area contributed by atoms with Gasteiger partial charge in [-0.05, 0) is 13.0 Å². The second-order valence-electron chi connectivity index (χ2n) is 6.07. The van der Waals surface area contributed by atoms with Gasteiger partial charge < -0.3 is 9.80 Å². The predicted octanol–water partition coefficient (Wildman–Crippen LogP) is 2.89. The Morgan fingerprint density at radius 1 is 1.17 bits per heavy atom. The fourth-order valence-electron chi connectivity index (χ4n) is 2.93. The Hall–Kier alpha value is -1.79. The van der Waals surface area contributed by atoms with Crippen molar-refractivity contribution in [2.45, 2.75) is 26.2 Å². The highest BCUT2D eigenvalue weighted by atomic mass is 32.1. The van der Waals surface area contributed by atoms with Crippen LogP contribution in [0, 0.1) is 0 Å². The van der Waals surface area contributed by atoms with E-state index in [4.69, 9.17) is 0 Å². The Balaban J connectivity index is 1.49. The van der Waals surface area contributed by atoms with Crippen LogP contribution < -0.4 is 4.90 Å². The first kappa shape index (κ1) is 17.0. The molecule has 1 aromatic carbocycles. The monoisotopic (exact) mass is 344 g/mol. The first-order valence-corrected chi connectivity index (χ1v) is 9.41. The van der Waals surface area contributed by atoms with E-state index in [9.17, 15) is 4.79 Å². The summed E-state index contributed by atoms with van der Waals surface area (Å²) in [5.74, 6) is 1.16. The van der Waals surface area contributed by atoms with Crippen LogP contribution in [-0.4, -0.2) is 52.8 Å². The number of Topliss-reactive ketones (excluding diaryl/α,β-unsaturated/α-hetero) is 1. The minimum absolute atomic E-state index is 0.230. The van der Waals surface area contributed by atoms with Crippen LogP contribution in [0.15, 0.2) is 30.3 Å². The largest absolute Gasteiger partial charge is 0.346 e. The Morgan fingerprint density at radius 3 is 2.75 bits per heavy atom. The molecule has 1 fully saturated rings. The molecule has 0 saturated carbocycles. The van der Waals surface area contributed by atoms with Gasteiger partial charge >= 0.3 is 0 Å². The van der Waals surface area contributed by atoms with Gasteiger partial charge in [0.2, 0.25) is 5.13 Å². The molecule has 2 heterocycles. The van der Waals surface area contributed by atoms with Crippen molar-refractivity contribution in [1.82, 2.24) is 14.3 Å². The van der Waals surface area contributed by atoms with Crippen LogP contribution in [0.2, 0.25) is 0 Å². The second kappa shape index (κ2) is 8.35. The third-order valence-electron chi connectivity index (χ3n) is 4.38. The fraction of sp³-hybridized carbons (Fsp3) is 0.500. The number of hydrogen-bond donors (Lipinski definition) is 0. The minimum Gasteiger partial charge on any atom is -0.346 e. The summed E-state index contributed by atoms with van der Waals surface area (Å²) in [7, 11) is 0. The molecule has 128 valence electrons. The zero-order valence-corrected chi connectivity index (χ0v) is 15.0. The number of carbonyl (C=O) groups excluding carboxylic acids is 1. The number of aryl methyl sites for hydroxylation is 1. The molecule has 1 aromatic heterocycles. The molecule has 5 nitrogen and oxygen atoms in total. The molecular weight excluding hydrogens is 320 g/mol. The van der Waals surface area contributed by atoms with E-state index in [0.29, 0.717) is 6.42 Å². The molecule has 6 heteroatoms. The second-order valence-corrected chi connectivity index (χ2v) is 6.80. The first-order valence-electron chi connectivity index (χ1n) is 8.64. The number of carbonyl (C=O) groups is 1. The third-order valence-corrected chi connectivity index (χ3v) is 5.20. The van der Waals surface area contributed by atoms with Crippen molar-refractivity contribution in [3.63, 3.8) is 0 Å². The number of aromatic nitrogens is 2. The number of nitrogens with zero attached hydrogens (tertiary/aromatic N) is 4. The molecule has 0 radical (unpaired) electrons. The van der Waals surface area contributed by atoms with Crippen molar-refractivity contribution in [2.75, 3.05) is 37.6 Å². The van der Waals surface area contributed by atoms with Gasteiger partial charge in [-0.3, -0.25) is 4.79 Å². The average molecular weight is 344 g/mol. The van der Waals surface area contributed by atoms with Crippen molar-refractivity contribution in [1.29, 1.82) is 0 Å². The van der Waals surface area contributed by atoms with Crippen LogP contribution in [-0.2, 0) is 6.42 Å². The predicted molar refractivity (Wildman–Crippen MR) is 97.9 cm³/mol. The normalized spacial score (nSPS) is 16.1. The molecule has 1 aliphatic rings. The maximum absolute atomic E-state index is 12.2. The van der Waals surface area contributed by atoms with E-state index >= 15 is 0 Å². The molecule has 0 atom stereocenters. The number of ketones is 1. The van der Waals surface area contributed by atoms with E-state index in [1.165, 1.54) is 11.5 Å². The summed E-state index contributed by atoms with van der Waals surface area (Å²) in [6.45, 7) is 6.90. The Morgan fingerprint density at radius 2 is 2.00 bits per heavy atom. The number of hydrogen-bond acceptors (Lipinski definition) is 6. The number of rotatable bonds is 6. The molecule has 1 aliphatic heterocycles. The molecule has 3 rings (SSSR count). The smallest absolute Gasteiger partial charge is 0.205 e. The zero-order valence-electron chi connectivity index (χ0n) is 14.1. The average Bonchev–Trinajstić information content (AvgIpc) is 2.99. The van der Waals surface area contributed by atoms with E-state index in [-0.39, 0.29) is 5.78 Å². The quantitative estimate of drug-likeness (QED) is 0.754. The van der Waals surface area contributed by atoms with Gasteiger partial charge in [0.05, 0.1) is 0 Å². The Bertz CT molecular complexity index is 658. The van der Waals surface area contributed by atoms with Gasteiger partial charge in [-0.25, -0.2) is 4.98 Å². The van der Waals surface area contributed by atoms with Gasteiger partial charge in [-0.1, -0.05) is 37.3 Å².